The third-order valence-corrected chi connectivity index (χ3v) is 4.11. The molecular formula is C16H19F3N4O4. The molecule has 3 rings (SSSR count). The van der Waals surface area contributed by atoms with E-state index in [1.54, 1.807) is 6.20 Å². The molecule has 1 aliphatic rings. The van der Waals surface area contributed by atoms with Gasteiger partial charge in [0.2, 0.25) is 0 Å². The molecule has 0 bridgehead atoms. The molecule has 3 N–H and O–H groups in total. The van der Waals surface area contributed by atoms with Gasteiger partial charge in [0.15, 0.2) is 0 Å². The van der Waals surface area contributed by atoms with Crippen LogP contribution >= 0.6 is 0 Å². The predicted molar refractivity (Wildman–Crippen MR) is 85.4 cm³/mol. The van der Waals surface area contributed by atoms with Gasteiger partial charge >= 0.3 is 6.36 Å². The Morgan fingerprint density at radius 1 is 1.30 bits per heavy atom. The fraction of sp³-hybridized carbons (Fsp3) is 0.500. The van der Waals surface area contributed by atoms with Crippen molar-refractivity contribution in [3.63, 3.8) is 0 Å². The Morgan fingerprint density at radius 2 is 2.04 bits per heavy atom. The first kappa shape index (κ1) is 19.5. The van der Waals surface area contributed by atoms with Gasteiger partial charge in [0, 0.05) is 6.54 Å². The van der Waals surface area contributed by atoms with Gasteiger partial charge in [-0.3, -0.25) is 0 Å². The van der Waals surface area contributed by atoms with E-state index in [4.69, 9.17) is 9.84 Å². The molecule has 148 valence electrons. The van der Waals surface area contributed by atoms with Gasteiger partial charge in [0.05, 0.1) is 44.2 Å². The van der Waals surface area contributed by atoms with Gasteiger partial charge in [0.1, 0.15) is 11.4 Å². The highest BCUT2D eigenvalue weighted by Crippen LogP contribution is 2.23. The summed E-state index contributed by atoms with van der Waals surface area (Å²) in [7, 11) is 0. The number of benzene rings is 1. The first-order valence-corrected chi connectivity index (χ1v) is 8.21. The third-order valence-electron chi connectivity index (χ3n) is 4.11. The van der Waals surface area contributed by atoms with Crippen LogP contribution in [-0.2, 0) is 24.4 Å². The molecule has 2 heterocycles. The van der Waals surface area contributed by atoms with E-state index in [9.17, 15) is 18.3 Å². The highest BCUT2D eigenvalue weighted by Gasteiger charge is 2.36. The number of aromatic nitrogens is 3. The summed E-state index contributed by atoms with van der Waals surface area (Å²) in [6.45, 7) is 0.597. The van der Waals surface area contributed by atoms with Gasteiger partial charge in [0.25, 0.3) is 0 Å². The Kier molecular flexibility index (Phi) is 5.95. The molecule has 1 aliphatic heterocycles. The van der Waals surface area contributed by atoms with Crippen molar-refractivity contribution in [2.24, 2.45) is 0 Å². The Balaban J connectivity index is 1.56. The summed E-state index contributed by atoms with van der Waals surface area (Å²) in [5, 5.41) is 30.0. The second kappa shape index (κ2) is 8.21. The van der Waals surface area contributed by atoms with E-state index in [2.05, 4.69) is 20.4 Å². The summed E-state index contributed by atoms with van der Waals surface area (Å²) in [5.74, 6) is -0.292. The molecule has 0 amide bonds. The molecule has 1 aromatic heterocycles. The van der Waals surface area contributed by atoms with Crippen molar-refractivity contribution in [2.45, 2.75) is 44.3 Å². The SMILES string of the molecule is OCc1cn(C[C@H]2OC[C@H](O)[C@H]2NCc2ccc(OC(F)(F)F)cc2)nn1. The van der Waals surface area contributed by atoms with Gasteiger partial charge in [-0.2, -0.15) is 0 Å². The quantitative estimate of drug-likeness (QED) is 0.638. The molecule has 2 aromatic rings. The fourth-order valence-electron chi connectivity index (χ4n) is 2.84. The molecule has 1 fully saturated rings. The summed E-state index contributed by atoms with van der Waals surface area (Å²) in [6.07, 6.45) is -4.25. The number of rotatable bonds is 7. The number of aliphatic hydroxyl groups is 2. The van der Waals surface area contributed by atoms with Crippen LogP contribution in [0.3, 0.4) is 0 Å². The van der Waals surface area contributed by atoms with Gasteiger partial charge in [-0.1, -0.05) is 17.3 Å². The zero-order chi connectivity index (χ0) is 19.4. The zero-order valence-electron chi connectivity index (χ0n) is 14.1. The number of alkyl halides is 3. The average Bonchev–Trinajstić information content (AvgIpc) is 3.20. The van der Waals surface area contributed by atoms with Gasteiger partial charge in [-0.05, 0) is 17.7 Å². The van der Waals surface area contributed by atoms with Crippen LogP contribution in [-0.4, -0.2) is 56.4 Å². The van der Waals surface area contributed by atoms with Crippen LogP contribution in [0.5, 0.6) is 5.75 Å². The maximum atomic E-state index is 12.2. The summed E-state index contributed by atoms with van der Waals surface area (Å²) in [5.41, 5.74) is 1.16. The Morgan fingerprint density at radius 3 is 2.67 bits per heavy atom. The predicted octanol–water partition coefficient (Wildman–Crippen LogP) is 0.587. The highest BCUT2D eigenvalue weighted by atomic mass is 19.4. The monoisotopic (exact) mass is 388 g/mol. The second-order valence-electron chi connectivity index (χ2n) is 6.13. The lowest BCUT2D eigenvalue weighted by atomic mass is 10.1. The van der Waals surface area contributed by atoms with E-state index in [1.165, 1.54) is 28.9 Å². The van der Waals surface area contributed by atoms with Crippen LogP contribution in [0.1, 0.15) is 11.3 Å². The molecule has 11 heteroatoms. The number of nitrogens with zero attached hydrogens (tertiary/aromatic N) is 3. The summed E-state index contributed by atoms with van der Waals surface area (Å²) < 4.78 is 47.5. The number of hydrogen-bond donors (Lipinski definition) is 3. The second-order valence-corrected chi connectivity index (χ2v) is 6.13. The van der Waals surface area contributed by atoms with Crippen molar-refractivity contribution >= 4 is 0 Å². The third kappa shape index (κ3) is 5.39. The standard InChI is InChI=1S/C16H19F3N4O4/c17-16(18,19)27-12-3-1-10(2-4-12)5-20-15-13(25)9-26-14(15)7-23-6-11(8-24)21-22-23/h1-4,6,13-15,20,24-25H,5,7-9H2/t13-,14+,15+/m0/s1. The van der Waals surface area contributed by atoms with Crippen molar-refractivity contribution in [1.82, 2.24) is 20.3 Å². The smallest absolute Gasteiger partial charge is 0.406 e. The van der Waals surface area contributed by atoms with Crippen LogP contribution in [0.2, 0.25) is 0 Å². The van der Waals surface area contributed by atoms with E-state index in [1.807, 2.05) is 0 Å². The lowest BCUT2D eigenvalue weighted by Gasteiger charge is -2.21. The maximum absolute atomic E-state index is 12.2. The number of aliphatic hydroxyl groups excluding tert-OH is 2. The summed E-state index contributed by atoms with van der Waals surface area (Å²) >= 11 is 0. The Labute approximate surface area is 152 Å². The molecule has 0 saturated carbocycles. The molecule has 8 nitrogen and oxygen atoms in total. The fourth-order valence-corrected chi connectivity index (χ4v) is 2.84. The number of hydrogen-bond acceptors (Lipinski definition) is 7. The van der Waals surface area contributed by atoms with Crippen molar-refractivity contribution in [3.05, 3.63) is 41.7 Å². The molecule has 27 heavy (non-hydrogen) atoms. The molecular weight excluding hydrogens is 369 g/mol. The average molecular weight is 388 g/mol. The topological polar surface area (TPSA) is 102 Å². The first-order chi connectivity index (χ1) is 12.8. The minimum Gasteiger partial charge on any atom is -0.406 e. The van der Waals surface area contributed by atoms with Gasteiger partial charge in [-0.15, -0.1) is 18.3 Å². The molecule has 0 radical (unpaired) electrons. The number of halogens is 3. The van der Waals surface area contributed by atoms with Crippen molar-refractivity contribution in [1.29, 1.82) is 0 Å². The number of nitrogens with one attached hydrogen (secondary N) is 1. The van der Waals surface area contributed by atoms with E-state index in [0.29, 0.717) is 18.8 Å². The van der Waals surface area contributed by atoms with Crippen LogP contribution in [0, 0.1) is 0 Å². The summed E-state index contributed by atoms with van der Waals surface area (Å²) in [4.78, 5) is 0. The molecule has 0 aliphatic carbocycles. The molecule has 1 aromatic carbocycles. The Bertz CT molecular complexity index is 738. The van der Waals surface area contributed by atoms with Crippen molar-refractivity contribution < 1.29 is 32.9 Å². The van der Waals surface area contributed by atoms with Gasteiger partial charge in [-0.25, -0.2) is 4.68 Å². The molecule has 0 unspecified atom stereocenters. The van der Waals surface area contributed by atoms with Crippen LogP contribution in [0.25, 0.3) is 0 Å². The first-order valence-electron chi connectivity index (χ1n) is 8.21. The summed E-state index contributed by atoms with van der Waals surface area (Å²) in [6, 6.07) is 5.09. The minimum atomic E-state index is -4.73. The highest BCUT2D eigenvalue weighted by molar-refractivity contribution is 5.27. The largest absolute Gasteiger partial charge is 0.573 e. The number of ether oxygens (including phenoxy) is 2. The normalized spacial score (nSPS) is 22.9. The maximum Gasteiger partial charge on any atom is 0.573 e. The zero-order valence-corrected chi connectivity index (χ0v) is 14.1. The van der Waals surface area contributed by atoms with Crippen molar-refractivity contribution in [2.75, 3.05) is 6.61 Å². The van der Waals surface area contributed by atoms with E-state index in [-0.39, 0.29) is 25.1 Å². The van der Waals surface area contributed by atoms with Crippen LogP contribution in [0.4, 0.5) is 13.2 Å². The molecule has 1 saturated heterocycles. The lowest BCUT2D eigenvalue weighted by Crippen LogP contribution is -2.45. The lowest BCUT2D eigenvalue weighted by molar-refractivity contribution is -0.274. The van der Waals surface area contributed by atoms with Crippen LogP contribution in [0.15, 0.2) is 30.5 Å². The van der Waals surface area contributed by atoms with E-state index in [0.717, 1.165) is 5.56 Å². The Hall–Kier alpha value is -2.21. The molecule has 0 spiro atoms. The minimum absolute atomic E-state index is 0.155. The van der Waals surface area contributed by atoms with Gasteiger partial charge < -0.3 is 25.0 Å². The van der Waals surface area contributed by atoms with Crippen molar-refractivity contribution in [3.8, 4) is 5.75 Å². The van der Waals surface area contributed by atoms with E-state index < -0.39 is 18.5 Å². The van der Waals surface area contributed by atoms with E-state index >= 15 is 0 Å². The van der Waals surface area contributed by atoms with Crippen LogP contribution < -0.4 is 10.1 Å². The molecule has 3 atom stereocenters.